The third-order valence-electron chi connectivity index (χ3n) is 2.98. The second-order valence-electron chi connectivity index (χ2n) is 6.19. The van der Waals surface area contributed by atoms with Crippen LogP contribution in [0.2, 0.25) is 0 Å². The standard InChI is InChI=1S/C16H26N2O/c1-12(2)17-10-11-18-15(19)13-6-8-14(9-7-13)16(3,4)5/h6-9,12,17H,10-11H2,1-5H3,(H,18,19). The fourth-order valence-corrected chi connectivity index (χ4v) is 1.76. The molecule has 19 heavy (non-hydrogen) atoms. The van der Waals surface area contributed by atoms with Crippen LogP contribution >= 0.6 is 0 Å². The minimum absolute atomic E-state index is 0.00832. The Hall–Kier alpha value is -1.35. The Kier molecular flexibility index (Phi) is 5.55. The van der Waals surface area contributed by atoms with Crippen LogP contribution in [0.4, 0.5) is 0 Å². The summed E-state index contributed by atoms with van der Waals surface area (Å²) in [7, 11) is 0. The van der Waals surface area contributed by atoms with Crippen molar-refractivity contribution in [1.82, 2.24) is 10.6 Å². The maximum absolute atomic E-state index is 11.9. The normalized spacial score (nSPS) is 11.7. The molecule has 0 aliphatic heterocycles. The summed E-state index contributed by atoms with van der Waals surface area (Å²) in [6.07, 6.45) is 0. The second kappa shape index (κ2) is 6.71. The van der Waals surface area contributed by atoms with Crippen LogP contribution in [-0.4, -0.2) is 25.0 Å². The van der Waals surface area contributed by atoms with E-state index in [0.717, 1.165) is 12.1 Å². The molecule has 0 fully saturated rings. The van der Waals surface area contributed by atoms with Gasteiger partial charge in [0, 0.05) is 24.7 Å². The Morgan fingerprint density at radius 2 is 1.68 bits per heavy atom. The van der Waals surface area contributed by atoms with Gasteiger partial charge in [0.25, 0.3) is 5.91 Å². The molecule has 0 aliphatic carbocycles. The smallest absolute Gasteiger partial charge is 0.251 e. The van der Waals surface area contributed by atoms with Gasteiger partial charge in [-0.15, -0.1) is 0 Å². The number of carbonyl (C=O) groups is 1. The van der Waals surface area contributed by atoms with Crippen molar-refractivity contribution >= 4 is 5.91 Å². The molecule has 0 saturated heterocycles. The van der Waals surface area contributed by atoms with Crippen molar-refractivity contribution in [3.8, 4) is 0 Å². The predicted octanol–water partition coefficient (Wildman–Crippen LogP) is 2.71. The van der Waals surface area contributed by atoms with Crippen LogP contribution in [0.25, 0.3) is 0 Å². The predicted molar refractivity (Wildman–Crippen MR) is 80.6 cm³/mol. The van der Waals surface area contributed by atoms with E-state index < -0.39 is 0 Å². The van der Waals surface area contributed by atoms with E-state index in [1.807, 2.05) is 24.3 Å². The maximum atomic E-state index is 11.9. The highest BCUT2D eigenvalue weighted by molar-refractivity contribution is 5.94. The molecule has 0 aromatic heterocycles. The first-order chi connectivity index (χ1) is 8.80. The van der Waals surface area contributed by atoms with Crippen LogP contribution < -0.4 is 10.6 Å². The van der Waals surface area contributed by atoms with Gasteiger partial charge in [-0.3, -0.25) is 4.79 Å². The molecule has 0 aliphatic rings. The molecule has 106 valence electrons. The van der Waals surface area contributed by atoms with E-state index >= 15 is 0 Å². The fraction of sp³-hybridized carbons (Fsp3) is 0.562. The van der Waals surface area contributed by atoms with Gasteiger partial charge in [0.2, 0.25) is 0 Å². The first-order valence-electron chi connectivity index (χ1n) is 6.93. The summed E-state index contributed by atoms with van der Waals surface area (Å²) < 4.78 is 0. The average Bonchev–Trinajstić information content (AvgIpc) is 2.33. The van der Waals surface area contributed by atoms with Gasteiger partial charge >= 0.3 is 0 Å². The highest BCUT2D eigenvalue weighted by Gasteiger charge is 2.14. The molecule has 0 atom stereocenters. The van der Waals surface area contributed by atoms with Crippen molar-refractivity contribution in [3.05, 3.63) is 35.4 Å². The Labute approximate surface area is 116 Å². The Bertz CT molecular complexity index is 402. The number of rotatable bonds is 5. The largest absolute Gasteiger partial charge is 0.351 e. The molecule has 1 aromatic carbocycles. The summed E-state index contributed by atoms with van der Waals surface area (Å²) in [6.45, 7) is 12.1. The lowest BCUT2D eigenvalue weighted by Gasteiger charge is -2.19. The van der Waals surface area contributed by atoms with E-state index in [1.165, 1.54) is 5.56 Å². The molecule has 1 amide bonds. The first kappa shape index (κ1) is 15.7. The lowest BCUT2D eigenvalue weighted by molar-refractivity contribution is 0.0953. The van der Waals surface area contributed by atoms with E-state index in [4.69, 9.17) is 0 Å². The fourth-order valence-electron chi connectivity index (χ4n) is 1.76. The zero-order chi connectivity index (χ0) is 14.5. The molecular weight excluding hydrogens is 236 g/mol. The van der Waals surface area contributed by atoms with Crippen molar-refractivity contribution in [2.45, 2.75) is 46.1 Å². The van der Waals surface area contributed by atoms with Crippen molar-refractivity contribution < 1.29 is 4.79 Å². The van der Waals surface area contributed by atoms with Crippen molar-refractivity contribution in [1.29, 1.82) is 0 Å². The van der Waals surface area contributed by atoms with E-state index in [9.17, 15) is 4.79 Å². The van der Waals surface area contributed by atoms with Gasteiger partial charge in [-0.05, 0) is 23.1 Å². The molecule has 2 N–H and O–H groups in total. The minimum atomic E-state index is -0.00832. The van der Waals surface area contributed by atoms with Crippen LogP contribution in [0.1, 0.15) is 50.5 Å². The lowest BCUT2D eigenvalue weighted by Crippen LogP contribution is -2.34. The van der Waals surface area contributed by atoms with Crippen molar-refractivity contribution in [2.75, 3.05) is 13.1 Å². The molecule has 0 spiro atoms. The highest BCUT2D eigenvalue weighted by atomic mass is 16.1. The summed E-state index contributed by atoms with van der Waals surface area (Å²) in [5.41, 5.74) is 2.08. The zero-order valence-electron chi connectivity index (χ0n) is 12.7. The number of amides is 1. The topological polar surface area (TPSA) is 41.1 Å². The van der Waals surface area contributed by atoms with Gasteiger partial charge < -0.3 is 10.6 Å². The van der Waals surface area contributed by atoms with Crippen LogP contribution in [0, 0.1) is 0 Å². The molecule has 0 saturated carbocycles. The number of carbonyl (C=O) groups excluding carboxylic acids is 1. The van der Waals surface area contributed by atoms with Gasteiger partial charge in [-0.1, -0.05) is 46.8 Å². The third kappa shape index (κ3) is 5.43. The number of hydrogen-bond donors (Lipinski definition) is 2. The summed E-state index contributed by atoms with van der Waals surface area (Å²) in [6, 6.07) is 8.29. The Morgan fingerprint density at radius 3 is 2.16 bits per heavy atom. The summed E-state index contributed by atoms with van der Waals surface area (Å²) >= 11 is 0. The van der Waals surface area contributed by atoms with Gasteiger partial charge in [0.15, 0.2) is 0 Å². The Morgan fingerprint density at radius 1 is 1.11 bits per heavy atom. The molecule has 1 aromatic rings. The maximum Gasteiger partial charge on any atom is 0.251 e. The van der Waals surface area contributed by atoms with Gasteiger partial charge in [-0.2, -0.15) is 0 Å². The number of nitrogens with one attached hydrogen (secondary N) is 2. The van der Waals surface area contributed by atoms with Crippen molar-refractivity contribution in [2.24, 2.45) is 0 Å². The van der Waals surface area contributed by atoms with Crippen LogP contribution in [0.3, 0.4) is 0 Å². The quantitative estimate of drug-likeness (QED) is 0.801. The van der Waals surface area contributed by atoms with Crippen molar-refractivity contribution in [3.63, 3.8) is 0 Å². The molecule has 0 heterocycles. The first-order valence-corrected chi connectivity index (χ1v) is 6.93. The monoisotopic (exact) mass is 262 g/mol. The number of hydrogen-bond acceptors (Lipinski definition) is 2. The SMILES string of the molecule is CC(C)NCCNC(=O)c1ccc(C(C)(C)C)cc1. The van der Waals surface area contributed by atoms with E-state index in [-0.39, 0.29) is 11.3 Å². The lowest BCUT2D eigenvalue weighted by atomic mass is 9.87. The molecule has 1 rings (SSSR count). The number of benzene rings is 1. The molecule has 0 unspecified atom stereocenters. The van der Waals surface area contributed by atoms with E-state index in [0.29, 0.717) is 12.6 Å². The minimum Gasteiger partial charge on any atom is -0.351 e. The zero-order valence-corrected chi connectivity index (χ0v) is 12.7. The molecular formula is C16H26N2O. The molecule has 3 nitrogen and oxygen atoms in total. The second-order valence-corrected chi connectivity index (χ2v) is 6.19. The van der Waals surface area contributed by atoms with Crippen LogP contribution in [-0.2, 0) is 5.41 Å². The summed E-state index contributed by atoms with van der Waals surface area (Å²) in [5, 5.41) is 6.18. The molecule has 0 bridgehead atoms. The van der Waals surface area contributed by atoms with E-state index in [1.54, 1.807) is 0 Å². The van der Waals surface area contributed by atoms with Gasteiger partial charge in [0.05, 0.1) is 0 Å². The molecule has 3 heteroatoms. The third-order valence-corrected chi connectivity index (χ3v) is 2.98. The van der Waals surface area contributed by atoms with Crippen LogP contribution in [0.15, 0.2) is 24.3 Å². The summed E-state index contributed by atoms with van der Waals surface area (Å²) in [4.78, 5) is 11.9. The summed E-state index contributed by atoms with van der Waals surface area (Å²) in [5.74, 6) is -0.00832. The molecule has 0 radical (unpaired) electrons. The highest BCUT2D eigenvalue weighted by Crippen LogP contribution is 2.22. The van der Waals surface area contributed by atoms with Gasteiger partial charge in [0.1, 0.15) is 0 Å². The van der Waals surface area contributed by atoms with Gasteiger partial charge in [-0.25, -0.2) is 0 Å². The van der Waals surface area contributed by atoms with Crippen LogP contribution in [0.5, 0.6) is 0 Å². The van der Waals surface area contributed by atoms with E-state index in [2.05, 4.69) is 45.3 Å². The average molecular weight is 262 g/mol. The Balaban J connectivity index is 2.49.